The molecule has 0 saturated carbocycles. The first-order valence-corrected chi connectivity index (χ1v) is 8.73. The predicted octanol–water partition coefficient (Wildman–Crippen LogP) is 6.65. The van der Waals surface area contributed by atoms with Crippen molar-refractivity contribution in [2.24, 2.45) is 0 Å². The minimum Gasteiger partial charge on any atom is -0.456 e. The molecule has 1 aromatic heterocycles. The Morgan fingerprint density at radius 1 is 0.760 bits per heavy atom. The molecule has 0 aliphatic heterocycles. The van der Waals surface area contributed by atoms with Crippen molar-refractivity contribution < 1.29 is 4.42 Å². The van der Waals surface area contributed by atoms with Crippen LogP contribution in [0, 0.1) is 0 Å². The van der Waals surface area contributed by atoms with Gasteiger partial charge in [0.1, 0.15) is 11.3 Å². The zero-order valence-electron chi connectivity index (χ0n) is 13.9. The molecule has 120 valence electrons. The highest BCUT2D eigenvalue weighted by molar-refractivity contribution is 5.90. The molecule has 3 aromatic carbocycles. The predicted molar refractivity (Wildman–Crippen MR) is 104 cm³/mol. The van der Waals surface area contributed by atoms with Crippen molar-refractivity contribution in [3.8, 4) is 11.1 Å². The lowest BCUT2D eigenvalue weighted by atomic mass is 9.83. The largest absolute Gasteiger partial charge is 0.456 e. The van der Waals surface area contributed by atoms with Gasteiger partial charge in [0.05, 0.1) is 0 Å². The van der Waals surface area contributed by atoms with Gasteiger partial charge in [-0.1, -0.05) is 72.8 Å². The van der Waals surface area contributed by atoms with Crippen molar-refractivity contribution in [3.63, 3.8) is 0 Å². The summed E-state index contributed by atoms with van der Waals surface area (Å²) in [5.41, 5.74) is 6.11. The van der Waals surface area contributed by atoms with Crippen molar-refractivity contribution in [2.75, 3.05) is 0 Å². The van der Waals surface area contributed by atoms with E-state index in [1.54, 1.807) is 0 Å². The first kappa shape index (κ1) is 14.3. The van der Waals surface area contributed by atoms with Gasteiger partial charge in [0.2, 0.25) is 0 Å². The van der Waals surface area contributed by atoms with E-state index in [9.17, 15) is 0 Å². The average Bonchev–Trinajstić information content (AvgIpc) is 3.07. The molecular weight excluding hydrogens is 304 g/mol. The van der Waals surface area contributed by atoms with Gasteiger partial charge in [-0.2, -0.15) is 0 Å². The van der Waals surface area contributed by atoms with Gasteiger partial charge < -0.3 is 4.42 Å². The normalized spacial score (nSPS) is 16.1. The van der Waals surface area contributed by atoms with E-state index in [0.717, 1.165) is 17.8 Å². The van der Waals surface area contributed by atoms with Crippen LogP contribution in [0.2, 0.25) is 0 Å². The molecule has 1 heteroatoms. The quantitative estimate of drug-likeness (QED) is 0.403. The maximum absolute atomic E-state index is 6.15. The van der Waals surface area contributed by atoms with E-state index in [1.165, 1.54) is 27.6 Å². The minimum atomic E-state index is 0.355. The molecule has 0 bridgehead atoms. The number of hydrogen-bond acceptors (Lipinski definition) is 1. The van der Waals surface area contributed by atoms with Gasteiger partial charge in [0.15, 0.2) is 0 Å². The van der Waals surface area contributed by atoms with Crippen molar-refractivity contribution >= 4 is 17.0 Å². The fraction of sp³-hybridized carbons (Fsp3) is 0.0833. The molecule has 1 aliphatic rings. The van der Waals surface area contributed by atoms with Crippen LogP contribution in [0.1, 0.15) is 29.2 Å². The Labute approximate surface area is 147 Å². The zero-order chi connectivity index (χ0) is 16.6. The highest BCUT2D eigenvalue weighted by Crippen LogP contribution is 2.42. The van der Waals surface area contributed by atoms with Crippen LogP contribution in [0.15, 0.2) is 89.4 Å². The molecule has 0 N–H and O–H groups in total. The van der Waals surface area contributed by atoms with Crippen molar-refractivity contribution in [2.45, 2.75) is 12.3 Å². The van der Waals surface area contributed by atoms with E-state index in [1.807, 2.05) is 0 Å². The lowest BCUT2D eigenvalue weighted by Gasteiger charge is -2.19. The Hall–Kier alpha value is -3.06. The van der Waals surface area contributed by atoms with Crippen molar-refractivity contribution in [1.82, 2.24) is 0 Å². The molecule has 1 aliphatic carbocycles. The topological polar surface area (TPSA) is 13.1 Å². The van der Waals surface area contributed by atoms with E-state index >= 15 is 0 Å². The molecule has 1 unspecified atom stereocenters. The third-order valence-corrected chi connectivity index (χ3v) is 5.05. The number of hydrogen-bond donors (Lipinski definition) is 0. The average molecular weight is 322 g/mol. The summed E-state index contributed by atoms with van der Waals surface area (Å²) in [5.74, 6) is 1.36. The van der Waals surface area contributed by atoms with Gasteiger partial charge in [-0.3, -0.25) is 0 Å². The van der Waals surface area contributed by atoms with E-state index in [0.29, 0.717) is 5.92 Å². The summed E-state index contributed by atoms with van der Waals surface area (Å²) in [5, 5.41) is 1.23. The third-order valence-electron chi connectivity index (χ3n) is 5.05. The second-order valence-electron chi connectivity index (χ2n) is 6.56. The van der Waals surface area contributed by atoms with Crippen LogP contribution in [0.3, 0.4) is 0 Å². The van der Waals surface area contributed by atoms with Crippen molar-refractivity contribution in [1.29, 1.82) is 0 Å². The third kappa shape index (κ3) is 2.40. The van der Waals surface area contributed by atoms with Crippen LogP contribution in [0.5, 0.6) is 0 Å². The lowest BCUT2D eigenvalue weighted by Crippen LogP contribution is -2.03. The summed E-state index contributed by atoms with van der Waals surface area (Å²) in [7, 11) is 0. The molecule has 1 atom stereocenters. The standard InChI is InChI=1S/C24H18O/c1-3-8-17(9-4-1)19-14-15-22-21(16-19)24-20(12-7-13-23(24)25-22)18-10-5-2-6-11-18/h1-11,13-16,20H,12H2. The van der Waals surface area contributed by atoms with E-state index in [2.05, 4.69) is 91.0 Å². The summed E-state index contributed by atoms with van der Waals surface area (Å²) < 4.78 is 6.15. The highest BCUT2D eigenvalue weighted by Gasteiger charge is 2.25. The Balaban J connectivity index is 1.72. The number of fused-ring (bicyclic) bond motifs is 3. The van der Waals surface area contributed by atoms with Gasteiger partial charge >= 0.3 is 0 Å². The monoisotopic (exact) mass is 322 g/mol. The van der Waals surface area contributed by atoms with E-state index in [4.69, 9.17) is 4.42 Å². The van der Waals surface area contributed by atoms with Gasteiger partial charge in [-0.05, 0) is 41.3 Å². The Bertz CT molecular complexity index is 1060. The fourth-order valence-corrected chi connectivity index (χ4v) is 3.85. The maximum atomic E-state index is 6.15. The fourth-order valence-electron chi connectivity index (χ4n) is 3.85. The summed E-state index contributed by atoms with van der Waals surface area (Å²) in [4.78, 5) is 0. The molecular formula is C24H18O. The number of benzene rings is 3. The van der Waals surface area contributed by atoms with Gasteiger partial charge in [0, 0.05) is 16.9 Å². The molecule has 1 nitrogen and oxygen atoms in total. The molecule has 25 heavy (non-hydrogen) atoms. The van der Waals surface area contributed by atoms with E-state index < -0.39 is 0 Å². The summed E-state index contributed by atoms with van der Waals surface area (Å²) in [6, 6.07) is 27.8. The Morgan fingerprint density at radius 2 is 1.52 bits per heavy atom. The molecule has 0 saturated heterocycles. The molecule has 0 amide bonds. The first-order chi connectivity index (χ1) is 12.4. The number of allylic oxidation sites excluding steroid dienone is 1. The van der Waals surface area contributed by atoms with Crippen LogP contribution >= 0.6 is 0 Å². The SMILES string of the molecule is C1=Cc2oc3ccc(-c4ccccc4)cc3c2C(c2ccccc2)C1. The second kappa shape index (κ2) is 5.78. The second-order valence-corrected chi connectivity index (χ2v) is 6.56. The molecule has 0 fully saturated rings. The zero-order valence-corrected chi connectivity index (χ0v) is 13.9. The van der Waals surface area contributed by atoms with Crippen LogP contribution in [0.25, 0.3) is 28.2 Å². The van der Waals surface area contributed by atoms with Crippen LogP contribution in [-0.4, -0.2) is 0 Å². The van der Waals surface area contributed by atoms with Crippen LogP contribution < -0.4 is 0 Å². The van der Waals surface area contributed by atoms with Crippen LogP contribution in [0.4, 0.5) is 0 Å². The first-order valence-electron chi connectivity index (χ1n) is 8.73. The molecule has 0 spiro atoms. The molecule has 5 rings (SSSR count). The summed E-state index contributed by atoms with van der Waals surface area (Å²) in [6.07, 6.45) is 5.36. The van der Waals surface area contributed by atoms with Crippen LogP contribution in [-0.2, 0) is 0 Å². The molecule has 0 radical (unpaired) electrons. The van der Waals surface area contributed by atoms with Gasteiger partial charge in [-0.25, -0.2) is 0 Å². The molecule has 4 aromatic rings. The molecule has 1 heterocycles. The Kier molecular flexibility index (Phi) is 3.31. The maximum Gasteiger partial charge on any atom is 0.135 e. The summed E-state index contributed by atoms with van der Waals surface area (Å²) >= 11 is 0. The van der Waals surface area contributed by atoms with Gasteiger partial charge in [0.25, 0.3) is 0 Å². The summed E-state index contributed by atoms with van der Waals surface area (Å²) in [6.45, 7) is 0. The highest BCUT2D eigenvalue weighted by atomic mass is 16.3. The lowest BCUT2D eigenvalue weighted by molar-refractivity contribution is 0.589. The number of rotatable bonds is 2. The minimum absolute atomic E-state index is 0.355. The van der Waals surface area contributed by atoms with E-state index in [-0.39, 0.29) is 0 Å². The number of furan rings is 1. The van der Waals surface area contributed by atoms with Crippen molar-refractivity contribution in [3.05, 3.63) is 102 Å². The Morgan fingerprint density at radius 3 is 2.32 bits per heavy atom. The van der Waals surface area contributed by atoms with Gasteiger partial charge in [-0.15, -0.1) is 0 Å². The smallest absolute Gasteiger partial charge is 0.135 e.